The van der Waals surface area contributed by atoms with Gasteiger partial charge in [-0.15, -0.1) is 10.2 Å². The number of imide groups is 1. The van der Waals surface area contributed by atoms with Crippen LogP contribution in [0, 0.1) is 0 Å². The second-order valence-corrected chi connectivity index (χ2v) is 7.95. The molecule has 0 unspecified atom stereocenters. The first-order valence-electron chi connectivity index (χ1n) is 10.1. The number of nitrogens with zero attached hydrogens (tertiary/aromatic N) is 4. The van der Waals surface area contributed by atoms with E-state index in [1.165, 1.54) is 11.8 Å². The largest absolute Gasteiger partial charge is 0.497 e. The Balaban J connectivity index is 1.47. The number of thioether (sulfide) groups is 1. The molecule has 4 aromatic rings. The average molecular weight is 460 g/mol. The number of hydrogen-bond acceptors (Lipinski definition) is 7. The van der Waals surface area contributed by atoms with Gasteiger partial charge in [-0.25, -0.2) is 0 Å². The molecular formula is C24H21N5O3S. The van der Waals surface area contributed by atoms with Gasteiger partial charge >= 0.3 is 0 Å². The lowest BCUT2D eigenvalue weighted by Gasteiger charge is -2.10. The zero-order valence-electron chi connectivity index (χ0n) is 17.8. The Morgan fingerprint density at radius 1 is 0.970 bits per heavy atom. The number of pyridine rings is 1. The quantitative estimate of drug-likeness (QED) is 0.403. The molecule has 0 aliphatic rings. The van der Waals surface area contributed by atoms with Gasteiger partial charge in [0.2, 0.25) is 5.91 Å². The maximum Gasteiger partial charge on any atom is 0.257 e. The van der Waals surface area contributed by atoms with Crippen LogP contribution in [0.3, 0.4) is 0 Å². The summed E-state index contributed by atoms with van der Waals surface area (Å²) in [5.41, 5.74) is 2.33. The van der Waals surface area contributed by atoms with Crippen LogP contribution in [-0.4, -0.2) is 44.4 Å². The Labute approximate surface area is 195 Å². The number of nitrogens with one attached hydrogen (secondary N) is 1. The van der Waals surface area contributed by atoms with Crippen LogP contribution >= 0.6 is 11.8 Å². The Kier molecular flexibility index (Phi) is 7.11. The summed E-state index contributed by atoms with van der Waals surface area (Å²) in [5, 5.41) is 11.6. The van der Waals surface area contributed by atoms with Gasteiger partial charge in [-0.1, -0.05) is 42.1 Å². The number of amides is 2. The topological polar surface area (TPSA) is 99.0 Å². The van der Waals surface area contributed by atoms with Crippen LogP contribution < -0.4 is 10.1 Å². The number of hydrogen-bond donors (Lipinski definition) is 1. The van der Waals surface area contributed by atoms with Crippen molar-refractivity contribution >= 4 is 23.6 Å². The molecule has 0 radical (unpaired) electrons. The average Bonchev–Trinajstić information content (AvgIpc) is 3.26. The summed E-state index contributed by atoms with van der Waals surface area (Å²) in [6, 6.07) is 20.2. The zero-order chi connectivity index (χ0) is 23.0. The summed E-state index contributed by atoms with van der Waals surface area (Å²) < 4.78 is 7.04. The fraction of sp³-hybridized carbons (Fsp3) is 0.125. The van der Waals surface area contributed by atoms with Crippen molar-refractivity contribution in [2.45, 2.75) is 11.7 Å². The highest BCUT2D eigenvalue weighted by molar-refractivity contribution is 7.99. The second-order valence-electron chi connectivity index (χ2n) is 7.01. The molecule has 2 aromatic carbocycles. The van der Waals surface area contributed by atoms with E-state index in [-0.39, 0.29) is 5.75 Å². The van der Waals surface area contributed by atoms with Crippen LogP contribution in [0.15, 0.2) is 84.3 Å². The third-order valence-corrected chi connectivity index (χ3v) is 5.74. The monoisotopic (exact) mass is 459 g/mol. The fourth-order valence-electron chi connectivity index (χ4n) is 3.13. The molecule has 2 aromatic heterocycles. The number of benzene rings is 2. The van der Waals surface area contributed by atoms with Crippen LogP contribution in [0.4, 0.5) is 0 Å². The summed E-state index contributed by atoms with van der Waals surface area (Å²) in [7, 11) is 1.55. The van der Waals surface area contributed by atoms with E-state index in [1.54, 1.807) is 43.8 Å². The Morgan fingerprint density at radius 2 is 1.70 bits per heavy atom. The molecule has 2 heterocycles. The van der Waals surface area contributed by atoms with E-state index in [1.807, 2.05) is 47.0 Å². The molecule has 1 N–H and O–H groups in total. The van der Waals surface area contributed by atoms with Gasteiger partial charge in [-0.2, -0.15) is 0 Å². The number of methoxy groups -OCH3 is 1. The van der Waals surface area contributed by atoms with Gasteiger partial charge in [-0.3, -0.25) is 24.5 Å². The van der Waals surface area contributed by atoms with E-state index in [0.717, 1.165) is 11.1 Å². The van der Waals surface area contributed by atoms with Gasteiger partial charge in [-0.05, 0) is 42.0 Å². The Bertz CT molecular complexity index is 1230. The summed E-state index contributed by atoms with van der Waals surface area (Å²) in [6.07, 6.45) is 3.39. The molecule has 4 rings (SSSR count). The maximum absolute atomic E-state index is 12.4. The molecule has 0 saturated carbocycles. The normalized spacial score (nSPS) is 10.6. The van der Waals surface area contributed by atoms with E-state index >= 15 is 0 Å². The molecule has 33 heavy (non-hydrogen) atoms. The van der Waals surface area contributed by atoms with E-state index in [0.29, 0.717) is 28.8 Å². The molecule has 0 bridgehead atoms. The van der Waals surface area contributed by atoms with Crippen molar-refractivity contribution in [2.24, 2.45) is 0 Å². The van der Waals surface area contributed by atoms with E-state index in [4.69, 9.17) is 4.74 Å². The highest BCUT2D eigenvalue weighted by atomic mass is 32.2. The smallest absolute Gasteiger partial charge is 0.257 e. The first kappa shape index (κ1) is 22.2. The lowest BCUT2D eigenvalue weighted by Crippen LogP contribution is -2.31. The Hall–Kier alpha value is -3.98. The van der Waals surface area contributed by atoms with Crippen LogP contribution in [0.5, 0.6) is 5.75 Å². The molecule has 2 amide bonds. The number of rotatable bonds is 8. The summed E-state index contributed by atoms with van der Waals surface area (Å²) in [6.45, 7) is 0.542. The van der Waals surface area contributed by atoms with Crippen molar-refractivity contribution in [1.82, 2.24) is 25.1 Å². The van der Waals surface area contributed by atoms with Gasteiger partial charge in [0.25, 0.3) is 5.91 Å². The molecule has 0 atom stereocenters. The second kappa shape index (κ2) is 10.6. The van der Waals surface area contributed by atoms with Crippen LogP contribution in [0.1, 0.15) is 15.9 Å². The van der Waals surface area contributed by atoms with Gasteiger partial charge in [0.1, 0.15) is 5.75 Å². The van der Waals surface area contributed by atoms with Crippen molar-refractivity contribution in [3.63, 3.8) is 0 Å². The van der Waals surface area contributed by atoms with Crippen molar-refractivity contribution < 1.29 is 14.3 Å². The molecule has 0 aliphatic heterocycles. The standard InChI is InChI=1S/C24H21N5O3S/c1-32-20-9-7-19(8-10-20)23(31)26-21(30)16-33-24-28-27-22(18-11-13-25-14-12-18)29(24)15-17-5-3-2-4-6-17/h2-14H,15-16H2,1H3,(H,26,30,31). The summed E-state index contributed by atoms with van der Waals surface area (Å²) in [4.78, 5) is 28.8. The highest BCUT2D eigenvalue weighted by Crippen LogP contribution is 2.25. The van der Waals surface area contributed by atoms with E-state index in [9.17, 15) is 9.59 Å². The van der Waals surface area contributed by atoms with Gasteiger partial charge < -0.3 is 4.74 Å². The molecule has 0 aliphatic carbocycles. The lowest BCUT2D eigenvalue weighted by molar-refractivity contribution is -0.117. The van der Waals surface area contributed by atoms with Crippen molar-refractivity contribution in [2.75, 3.05) is 12.9 Å². The SMILES string of the molecule is COc1ccc(C(=O)NC(=O)CSc2nnc(-c3ccncc3)n2Cc2ccccc2)cc1. The molecule has 8 nitrogen and oxygen atoms in total. The van der Waals surface area contributed by atoms with Crippen LogP contribution in [-0.2, 0) is 11.3 Å². The van der Waals surface area contributed by atoms with E-state index in [2.05, 4.69) is 20.5 Å². The first-order chi connectivity index (χ1) is 16.1. The van der Waals surface area contributed by atoms with Crippen LogP contribution in [0.25, 0.3) is 11.4 Å². The summed E-state index contributed by atoms with van der Waals surface area (Å²) >= 11 is 1.22. The molecular weight excluding hydrogens is 438 g/mol. The third-order valence-electron chi connectivity index (χ3n) is 4.78. The molecule has 0 saturated heterocycles. The van der Waals surface area contributed by atoms with Gasteiger partial charge in [0.15, 0.2) is 11.0 Å². The lowest BCUT2D eigenvalue weighted by atomic mass is 10.2. The van der Waals surface area contributed by atoms with Crippen LogP contribution in [0.2, 0.25) is 0 Å². The molecule has 166 valence electrons. The van der Waals surface area contributed by atoms with Gasteiger partial charge in [0, 0.05) is 23.5 Å². The third kappa shape index (κ3) is 5.64. The first-order valence-corrected chi connectivity index (χ1v) is 11.1. The number of carbonyl (C=O) groups is 2. The summed E-state index contributed by atoms with van der Waals surface area (Å²) in [5.74, 6) is 0.451. The minimum atomic E-state index is -0.466. The number of aromatic nitrogens is 4. The molecule has 0 spiro atoms. The predicted molar refractivity (Wildman–Crippen MR) is 125 cm³/mol. The van der Waals surface area contributed by atoms with Crippen molar-refractivity contribution in [3.8, 4) is 17.1 Å². The maximum atomic E-state index is 12.4. The molecule has 9 heteroatoms. The van der Waals surface area contributed by atoms with Gasteiger partial charge in [0.05, 0.1) is 19.4 Å². The highest BCUT2D eigenvalue weighted by Gasteiger charge is 2.17. The number of carbonyl (C=O) groups excluding carboxylic acids is 2. The van der Waals surface area contributed by atoms with Crippen molar-refractivity contribution in [1.29, 1.82) is 0 Å². The van der Waals surface area contributed by atoms with E-state index < -0.39 is 11.8 Å². The minimum Gasteiger partial charge on any atom is -0.497 e. The number of ether oxygens (including phenoxy) is 1. The minimum absolute atomic E-state index is 0.0190. The zero-order valence-corrected chi connectivity index (χ0v) is 18.7. The van der Waals surface area contributed by atoms with Crippen molar-refractivity contribution in [3.05, 3.63) is 90.3 Å². The molecule has 0 fully saturated rings. The fourth-order valence-corrected chi connectivity index (χ4v) is 3.86. The predicted octanol–water partition coefficient (Wildman–Crippen LogP) is 3.45. The Morgan fingerprint density at radius 3 is 2.39 bits per heavy atom.